The lowest BCUT2D eigenvalue weighted by Gasteiger charge is -2.32. The number of carbonyl (C=O) groups is 2. The Balaban J connectivity index is 1.95. The van der Waals surface area contributed by atoms with E-state index in [2.05, 4.69) is 5.32 Å². The van der Waals surface area contributed by atoms with Gasteiger partial charge in [0, 0.05) is 34.8 Å². The summed E-state index contributed by atoms with van der Waals surface area (Å²) in [6.45, 7) is 3.99. The Morgan fingerprint density at radius 3 is 2.33 bits per heavy atom. The fourth-order valence-corrected chi connectivity index (χ4v) is 4.99. The van der Waals surface area contributed by atoms with Crippen LogP contribution >= 0.6 is 23.2 Å². The van der Waals surface area contributed by atoms with Crippen molar-refractivity contribution in [2.24, 2.45) is 0 Å². The number of carbonyl (C=O) groups excluding carboxylic acids is 2. The summed E-state index contributed by atoms with van der Waals surface area (Å²) in [6, 6.07) is 8.65. The zero-order valence-electron chi connectivity index (χ0n) is 20.3. The number of halogens is 2. The monoisotopic (exact) mass is 557 g/mol. The minimum absolute atomic E-state index is 0.0865. The Hall–Kier alpha value is -2.69. The lowest BCUT2D eigenvalue weighted by Crippen LogP contribution is -2.51. The summed E-state index contributed by atoms with van der Waals surface area (Å²) in [5.74, 6) is -0.114. The number of rotatable bonds is 10. The Kier molecular flexibility index (Phi) is 9.32. The molecule has 0 bridgehead atoms. The molecule has 12 heteroatoms. The van der Waals surface area contributed by atoms with Crippen molar-refractivity contribution in [3.8, 4) is 11.5 Å². The number of nitrogens with zero attached hydrogens (tertiary/aromatic N) is 2. The average molecular weight is 558 g/mol. The molecule has 36 heavy (non-hydrogen) atoms. The molecule has 0 saturated carbocycles. The molecule has 196 valence electrons. The van der Waals surface area contributed by atoms with Crippen LogP contribution in [0.3, 0.4) is 0 Å². The number of benzene rings is 2. The maximum Gasteiger partial charge on any atom is 0.244 e. The first-order chi connectivity index (χ1) is 17.0. The minimum Gasteiger partial charge on any atom is -0.486 e. The van der Waals surface area contributed by atoms with E-state index in [-0.39, 0.29) is 18.1 Å². The fraction of sp³-hybridized carbons (Fsp3) is 0.417. The molecule has 2 amide bonds. The standard InChI is InChI=1S/C24H29Cl2N3O6S/c1-4-10-27-24(31)16(2)28(14-18-19(25)6-5-7-20(18)26)23(30)15-29(36(3,32)33)17-8-9-21-22(13-17)35-12-11-34-21/h5-9,13,16H,4,10-12,14-15H2,1-3H3,(H,27,31)/t16-/m1/s1. The first-order valence-electron chi connectivity index (χ1n) is 11.4. The van der Waals surface area contributed by atoms with Gasteiger partial charge in [-0.05, 0) is 37.6 Å². The van der Waals surface area contributed by atoms with Crippen molar-refractivity contribution in [1.82, 2.24) is 10.2 Å². The van der Waals surface area contributed by atoms with E-state index in [0.29, 0.717) is 53.3 Å². The molecule has 0 saturated heterocycles. The molecule has 1 atom stereocenters. The van der Waals surface area contributed by atoms with Crippen molar-refractivity contribution < 1.29 is 27.5 Å². The third-order valence-electron chi connectivity index (χ3n) is 5.60. The SMILES string of the molecule is CCCNC(=O)[C@@H](C)N(Cc1c(Cl)cccc1Cl)C(=O)CN(c1ccc2c(c1)OCCO2)S(C)(=O)=O. The van der Waals surface area contributed by atoms with Crippen LogP contribution < -0.4 is 19.1 Å². The van der Waals surface area contributed by atoms with E-state index in [1.54, 1.807) is 31.2 Å². The van der Waals surface area contributed by atoms with E-state index in [1.165, 1.54) is 17.0 Å². The van der Waals surface area contributed by atoms with E-state index in [9.17, 15) is 18.0 Å². The average Bonchev–Trinajstić information content (AvgIpc) is 2.84. The highest BCUT2D eigenvalue weighted by atomic mass is 35.5. The molecule has 0 radical (unpaired) electrons. The molecule has 0 unspecified atom stereocenters. The third kappa shape index (κ3) is 6.74. The van der Waals surface area contributed by atoms with E-state index < -0.39 is 28.5 Å². The Morgan fingerprint density at radius 1 is 1.08 bits per heavy atom. The van der Waals surface area contributed by atoms with Crippen molar-refractivity contribution in [2.45, 2.75) is 32.9 Å². The number of sulfonamides is 1. The van der Waals surface area contributed by atoms with Crippen LogP contribution in [0.5, 0.6) is 11.5 Å². The van der Waals surface area contributed by atoms with Crippen LogP contribution in [0.2, 0.25) is 10.0 Å². The number of hydrogen-bond donors (Lipinski definition) is 1. The Labute approximate surface area is 221 Å². The van der Waals surface area contributed by atoms with E-state index in [4.69, 9.17) is 32.7 Å². The van der Waals surface area contributed by atoms with E-state index in [0.717, 1.165) is 10.6 Å². The summed E-state index contributed by atoms with van der Waals surface area (Å²) in [5.41, 5.74) is 0.684. The van der Waals surface area contributed by atoms with E-state index >= 15 is 0 Å². The lowest BCUT2D eigenvalue weighted by atomic mass is 10.1. The van der Waals surface area contributed by atoms with Gasteiger partial charge < -0.3 is 19.7 Å². The number of anilines is 1. The molecule has 1 aliphatic heterocycles. The summed E-state index contributed by atoms with van der Waals surface area (Å²) in [4.78, 5) is 27.7. The molecular formula is C24H29Cl2N3O6S. The smallest absolute Gasteiger partial charge is 0.244 e. The maximum atomic E-state index is 13.6. The summed E-state index contributed by atoms with van der Waals surface area (Å²) in [6.07, 6.45) is 1.72. The summed E-state index contributed by atoms with van der Waals surface area (Å²) < 4.78 is 37.5. The highest BCUT2D eigenvalue weighted by Crippen LogP contribution is 2.35. The van der Waals surface area contributed by atoms with Gasteiger partial charge in [0.2, 0.25) is 21.8 Å². The molecule has 2 aromatic rings. The Bertz CT molecular complexity index is 1200. The topological polar surface area (TPSA) is 105 Å². The number of hydrogen-bond acceptors (Lipinski definition) is 6. The van der Waals surface area contributed by atoms with Gasteiger partial charge in [0.15, 0.2) is 11.5 Å². The number of fused-ring (bicyclic) bond motifs is 1. The van der Waals surface area contributed by atoms with Crippen LogP contribution in [0, 0.1) is 0 Å². The molecule has 0 fully saturated rings. The Morgan fingerprint density at radius 2 is 1.72 bits per heavy atom. The van der Waals surface area contributed by atoms with Crippen molar-refractivity contribution in [3.05, 3.63) is 52.0 Å². The quantitative estimate of drug-likeness (QED) is 0.479. The molecule has 9 nitrogen and oxygen atoms in total. The molecule has 2 aromatic carbocycles. The molecule has 0 aliphatic carbocycles. The second-order valence-corrected chi connectivity index (χ2v) is 11.0. The molecule has 1 aliphatic rings. The van der Waals surface area contributed by atoms with Gasteiger partial charge in [0.25, 0.3) is 0 Å². The zero-order valence-corrected chi connectivity index (χ0v) is 22.6. The fourth-order valence-electron chi connectivity index (χ4n) is 3.63. The van der Waals surface area contributed by atoms with Gasteiger partial charge >= 0.3 is 0 Å². The highest BCUT2D eigenvalue weighted by molar-refractivity contribution is 7.92. The summed E-state index contributed by atoms with van der Waals surface area (Å²) in [7, 11) is -3.89. The molecule has 3 rings (SSSR count). The predicted molar refractivity (Wildman–Crippen MR) is 139 cm³/mol. The number of ether oxygens (including phenoxy) is 2. The molecule has 1 heterocycles. The van der Waals surface area contributed by atoms with Crippen molar-refractivity contribution in [2.75, 3.05) is 36.9 Å². The number of nitrogens with one attached hydrogen (secondary N) is 1. The van der Waals surface area contributed by atoms with Crippen LogP contribution in [0.4, 0.5) is 5.69 Å². The first kappa shape index (κ1) is 27.9. The number of amides is 2. The van der Waals surface area contributed by atoms with Gasteiger partial charge in [0.05, 0.1) is 11.9 Å². The lowest BCUT2D eigenvalue weighted by molar-refractivity contribution is -0.139. The van der Waals surface area contributed by atoms with Gasteiger partial charge in [-0.1, -0.05) is 36.2 Å². The van der Waals surface area contributed by atoms with Crippen LogP contribution in [0.1, 0.15) is 25.8 Å². The summed E-state index contributed by atoms with van der Waals surface area (Å²) in [5, 5.41) is 3.42. The van der Waals surface area contributed by atoms with Crippen molar-refractivity contribution in [1.29, 1.82) is 0 Å². The van der Waals surface area contributed by atoms with Crippen LogP contribution in [-0.4, -0.2) is 63.7 Å². The molecule has 0 aromatic heterocycles. The van der Waals surface area contributed by atoms with Crippen molar-refractivity contribution in [3.63, 3.8) is 0 Å². The maximum absolute atomic E-state index is 13.6. The van der Waals surface area contributed by atoms with Gasteiger partial charge in [-0.2, -0.15) is 0 Å². The molecule has 1 N–H and O–H groups in total. The third-order valence-corrected chi connectivity index (χ3v) is 7.45. The largest absolute Gasteiger partial charge is 0.486 e. The highest BCUT2D eigenvalue weighted by Gasteiger charge is 2.31. The predicted octanol–water partition coefficient (Wildman–Crippen LogP) is 3.47. The van der Waals surface area contributed by atoms with Gasteiger partial charge in [-0.25, -0.2) is 8.42 Å². The minimum atomic E-state index is -3.89. The van der Waals surface area contributed by atoms with Gasteiger partial charge in [0.1, 0.15) is 25.8 Å². The van der Waals surface area contributed by atoms with Gasteiger partial charge in [-0.3, -0.25) is 13.9 Å². The first-order valence-corrected chi connectivity index (χ1v) is 14.0. The summed E-state index contributed by atoms with van der Waals surface area (Å²) >= 11 is 12.7. The van der Waals surface area contributed by atoms with E-state index in [1.807, 2.05) is 6.92 Å². The second kappa shape index (κ2) is 12.0. The van der Waals surface area contributed by atoms with Crippen LogP contribution in [-0.2, 0) is 26.2 Å². The molecule has 0 spiro atoms. The van der Waals surface area contributed by atoms with Crippen LogP contribution in [0.15, 0.2) is 36.4 Å². The van der Waals surface area contributed by atoms with Gasteiger partial charge in [-0.15, -0.1) is 0 Å². The second-order valence-electron chi connectivity index (χ2n) is 8.29. The zero-order chi connectivity index (χ0) is 26.5. The van der Waals surface area contributed by atoms with Crippen LogP contribution in [0.25, 0.3) is 0 Å². The van der Waals surface area contributed by atoms with Crippen molar-refractivity contribution >= 4 is 50.7 Å². The normalized spacial score (nSPS) is 13.6. The molecular weight excluding hydrogens is 529 g/mol.